The van der Waals surface area contributed by atoms with E-state index in [4.69, 9.17) is 0 Å². The molecule has 1 aliphatic carbocycles. The van der Waals surface area contributed by atoms with Crippen LogP contribution < -0.4 is 4.90 Å². The van der Waals surface area contributed by atoms with Crippen molar-refractivity contribution in [2.45, 2.75) is 25.9 Å². The lowest BCUT2D eigenvalue weighted by molar-refractivity contribution is 0.174. The number of aliphatic hydroxyl groups excluding tert-OH is 1. The predicted molar refractivity (Wildman–Crippen MR) is 89.8 cm³/mol. The molecule has 0 bridgehead atoms. The van der Waals surface area contributed by atoms with Gasteiger partial charge in [0.1, 0.15) is 5.82 Å². The fourth-order valence-corrected chi connectivity index (χ4v) is 3.53. The topological polar surface area (TPSA) is 36.4 Å². The van der Waals surface area contributed by atoms with E-state index in [1.165, 1.54) is 5.56 Å². The molecule has 4 rings (SSSR count). The maximum absolute atomic E-state index is 9.56. The molecule has 1 saturated heterocycles. The maximum Gasteiger partial charge on any atom is 0.128 e. The van der Waals surface area contributed by atoms with Gasteiger partial charge >= 0.3 is 0 Å². The highest BCUT2D eigenvalue weighted by Gasteiger charge is 2.40. The first-order valence-corrected chi connectivity index (χ1v) is 8.08. The van der Waals surface area contributed by atoms with E-state index < -0.39 is 0 Å². The number of pyridine rings is 1. The number of benzene rings is 1. The SMILES string of the molecule is Cc1ccccc1.OC1C[C@@H]2CN(c3ccccn3)C[C@@H]2C1. The van der Waals surface area contributed by atoms with E-state index in [1.54, 1.807) is 0 Å². The van der Waals surface area contributed by atoms with Crippen LogP contribution in [0.4, 0.5) is 5.82 Å². The highest BCUT2D eigenvalue weighted by molar-refractivity contribution is 5.39. The molecule has 116 valence electrons. The lowest BCUT2D eigenvalue weighted by atomic mass is 10.0. The summed E-state index contributed by atoms with van der Waals surface area (Å²) in [5, 5.41) is 9.56. The summed E-state index contributed by atoms with van der Waals surface area (Å²) in [6, 6.07) is 16.3. The van der Waals surface area contributed by atoms with E-state index in [0.29, 0.717) is 11.8 Å². The Bertz CT molecular complexity index is 559. The normalized spacial score (nSPS) is 26.3. The lowest BCUT2D eigenvalue weighted by Gasteiger charge is -2.18. The van der Waals surface area contributed by atoms with Crippen molar-refractivity contribution in [1.82, 2.24) is 4.98 Å². The zero-order valence-electron chi connectivity index (χ0n) is 13.1. The van der Waals surface area contributed by atoms with Crippen LogP contribution >= 0.6 is 0 Å². The van der Waals surface area contributed by atoms with Crippen LogP contribution in [-0.2, 0) is 0 Å². The van der Waals surface area contributed by atoms with Crippen molar-refractivity contribution >= 4 is 5.82 Å². The predicted octanol–water partition coefficient (Wildman–Crippen LogP) is 3.28. The van der Waals surface area contributed by atoms with Crippen molar-refractivity contribution in [3.63, 3.8) is 0 Å². The van der Waals surface area contributed by atoms with Crippen molar-refractivity contribution in [3.05, 3.63) is 60.3 Å². The van der Waals surface area contributed by atoms with E-state index in [2.05, 4.69) is 35.0 Å². The van der Waals surface area contributed by atoms with E-state index in [0.717, 1.165) is 31.7 Å². The Morgan fingerprint density at radius 2 is 1.59 bits per heavy atom. The van der Waals surface area contributed by atoms with Crippen LogP contribution in [0.3, 0.4) is 0 Å². The minimum absolute atomic E-state index is 0.0501. The van der Waals surface area contributed by atoms with Gasteiger partial charge in [0.15, 0.2) is 0 Å². The molecule has 1 N–H and O–H groups in total. The number of nitrogens with zero attached hydrogens (tertiary/aromatic N) is 2. The molecule has 2 aromatic rings. The molecule has 2 fully saturated rings. The van der Waals surface area contributed by atoms with E-state index in [9.17, 15) is 5.11 Å². The first-order valence-electron chi connectivity index (χ1n) is 8.08. The van der Waals surface area contributed by atoms with Crippen LogP contribution in [0.5, 0.6) is 0 Å². The first-order chi connectivity index (χ1) is 10.7. The second-order valence-electron chi connectivity index (χ2n) is 6.39. The van der Waals surface area contributed by atoms with E-state index >= 15 is 0 Å². The molecule has 1 saturated carbocycles. The first kappa shape index (κ1) is 15.0. The van der Waals surface area contributed by atoms with Gasteiger partial charge in [-0.2, -0.15) is 0 Å². The molecule has 22 heavy (non-hydrogen) atoms. The Labute approximate surface area is 132 Å². The Balaban J connectivity index is 0.000000174. The average molecular weight is 296 g/mol. The molecule has 3 atom stereocenters. The maximum atomic E-state index is 9.56. The summed E-state index contributed by atoms with van der Waals surface area (Å²) in [5.74, 6) is 2.45. The third kappa shape index (κ3) is 3.66. The van der Waals surface area contributed by atoms with Gasteiger partial charge in [-0.25, -0.2) is 4.98 Å². The highest BCUT2D eigenvalue weighted by atomic mass is 16.3. The second kappa shape index (κ2) is 6.93. The monoisotopic (exact) mass is 296 g/mol. The molecule has 0 spiro atoms. The third-order valence-corrected chi connectivity index (χ3v) is 4.64. The molecule has 0 radical (unpaired) electrons. The van der Waals surface area contributed by atoms with Gasteiger partial charge in [0.05, 0.1) is 6.10 Å². The van der Waals surface area contributed by atoms with E-state index in [-0.39, 0.29) is 6.10 Å². The van der Waals surface area contributed by atoms with Crippen LogP contribution in [0.1, 0.15) is 18.4 Å². The fraction of sp³-hybridized carbons (Fsp3) is 0.421. The Morgan fingerprint density at radius 1 is 0.955 bits per heavy atom. The minimum Gasteiger partial charge on any atom is -0.393 e. The number of hydrogen-bond acceptors (Lipinski definition) is 3. The van der Waals surface area contributed by atoms with Gasteiger partial charge in [-0.15, -0.1) is 0 Å². The van der Waals surface area contributed by atoms with Crippen molar-refractivity contribution < 1.29 is 5.11 Å². The summed E-state index contributed by atoms with van der Waals surface area (Å²) < 4.78 is 0. The lowest BCUT2D eigenvalue weighted by Crippen LogP contribution is -2.23. The smallest absolute Gasteiger partial charge is 0.128 e. The Kier molecular flexibility index (Phi) is 4.74. The van der Waals surface area contributed by atoms with E-state index in [1.807, 2.05) is 36.5 Å². The molecule has 0 amide bonds. The second-order valence-corrected chi connectivity index (χ2v) is 6.39. The standard InChI is InChI=1S/C12H16N2O.C7H8/c15-11-5-9-7-14(8-10(9)6-11)12-3-1-2-4-13-12;1-7-5-3-2-4-6-7/h1-4,9-11,15H,5-8H2;2-6H,1H3/t9-,10+,11?;. The molecular formula is C19H24N2O. The third-order valence-electron chi connectivity index (χ3n) is 4.64. The molecule has 2 aliphatic rings. The number of fused-ring (bicyclic) bond motifs is 1. The van der Waals surface area contributed by atoms with Gasteiger partial charge in [-0.3, -0.25) is 0 Å². The summed E-state index contributed by atoms with van der Waals surface area (Å²) in [7, 11) is 0. The van der Waals surface area contributed by atoms with Gasteiger partial charge in [-0.1, -0.05) is 42.0 Å². The Morgan fingerprint density at radius 3 is 2.09 bits per heavy atom. The van der Waals surface area contributed by atoms with Crippen LogP contribution in [-0.4, -0.2) is 29.3 Å². The zero-order valence-corrected chi connectivity index (χ0v) is 13.1. The molecule has 1 aromatic carbocycles. The number of aromatic nitrogens is 1. The summed E-state index contributed by atoms with van der Waals surface area (Å²) in [6.07, 6.45) is 3.76. The van der Waals surface area contributed by atoms with Crippen LogP contribution in [0, 0.1) is 18.8 Å². The fourth-order valence-electron chi connectivity index (χ4n) is 3.53. The van der Waals surface area contributed by atoms with Gasteiger partial charge in [0, 0.05) is 19.3 Å². The average Bonchev–Trinajstić information content (AvgIpc) is 3.07. The number of aryl methyl sites for hydroxylation is 1. The molecule has 3 nitrogen and oxygen atoms in total. The van der Waals surface area contributed by atoms with Gasteiger partial charge in [0.2, 0.25) is 0 Å². The van der Waals surface area contributed by atoms with Crippen molar-refractivity contribution in [3.8, 4) is 0 Å². The van der Waals surface area contributed by atoms with Gasteiger partial charge in [-0.05, 0) is 43.7 Å². The molecule has 1 aromatic heterocycles. The number of hydrogen-bond donors (Lipinski definition) is 1. The molecule has 3 heteroatoms. The van der Waals surface area contributed by atoms with Crippen LogP contribution in [0.15, 0.2) is 54.7 Å². The van der Waals surface area contributed by atoms with Crippen molar-refractivity contribution in [1.29, 1.82) is 0 Å². The molecule has 1 aliphatic heterocycles. The highest BCUT2D eigenvalue weighted by Crippen LogP contribution is 2.39. The summed E-state index contributed by atoms with van der Waals surface area (Å²) >= 11 is 0. The zero-order chi connectivity index (χ0) is 15.4. The van der Waals surface area contributed by atoms with Crippen molar-refractivity contribution in [2.24, 2.45) is 11.8 Å². The molecule has 1 unspecified atom stereocenters. The summed E-state index contributed by atoms with van der Waals surface area (Å²) in [4.78, 5) is 6.72. The number of anilines is 1. The number of rotatable bonds is 1. The minimum atomic E-state index is -0.0501. The quantitative estimate of drug-likeness (QED) is 0.877. The number of aliphatic hydroxyl groups is 1. The summed E-state index contributed by atoms with van der Waals surface area (Å²) in [6.45, 7) is 4.22. The summed E-state index contributed by atoms with van der Waals surface area (Å²) in [5.41, 5.74) is 1.32. The van der Waals surface area contributed by atoms with Gasteiger partial charge in [0.25, 0.3) is 0 Å². The molecule has 2 heterocycles. The Hall–Kier alpha value is -1.87. The van der Waals surface area contributed by atoms with Crippen molar-refractivity contribution in [2.75, 3.05) is 18.0 Å². The van der Waals surface area contributed by atoms with Crippen LogP contribution in [0.25, 0.3) is 0 Å². The van der Waals surface area contributed by atoms with Crippen LogP contribution in [0.2, 0.25) is 0 Å². The molecular weight excluding hydrogens is 272 g/mol. The van der Waals surface area contributed by atoms with Gasteiger partial charge < -0.3 is 10.0 Å². The largest absolute Gasteiger partial charge is 0.393 e.